The van der Waals surface area contributed by atoms with Crippen molar-refractivity contribution in [2.75, 3.05) is 0 Å². The third-order valence-corrected chi connectivity index (χ3v) is 5.76. The largest absolute Gasteiger partial charge is 0.489 e. The molecule has 6 heteroatoms. The second-order valence-electron chi connectivity index (χ2n) is 7.48. The lowest BCUT2D eigenvalue weighted by molar-refractivity contribution is 0.306. The summed E-state index contributed by atoms with van der Waals surface area (Å²) in [5.74, 6) is 0.797. The SMILES string of the molecule is Cc1nn2c(-c3ccc(OCc4ccc(Cl)cc4)cc3)ccnc2c1-c1cccc(Cl)c1. The summed E-state index contributed by atoms with van der Waals surface area (Å²) in [6, 6.07) is 25.4. The third kappa shape index (κ3) is 4.07. The first kappa shape index (κ1) is 20.6. The maximum atomic E-state index is 6.21. The van der Waals surface area contributed by atoms with Crippen molar-refractivity contribution in [2.24, 2.45) is 0 Å². The second-order valence-corrected chi connectivity index (χ2v) is 8.35. The van der Waals surface area contributed by atoms with Crippen LogP contribution in [0.3, 0.4) is 0 Å². The van der Waals surface area contributed by atoms with E-state index in [2.05, 4.69) is 4.98 Å². The van der Waals surface area contributed by atoms with Crippen LogP contribution in [0.25, 0.3) is 28.0 Å². The monoisotopic (exact) mass is 459 g/mol. The molecular formula is C26H19Cl2N3O. The number of ether oxygens (including phenoxy) is 1. The highest BCUT2D eigenvalue weighted by Crippen LogP contribution is 2.31. The number of benzene rings is 3. The van der Waals surface area contributed by atoms with Crippen molar-refractivity contribution in [1.82, 2.24) is 14.6 Å². The van der Waals surface area contributed by atoms with Crippen molar-refractivity contribution in [3.8, 4) is 28.1 Å². The Morgan fingerprint density at radius 2 is 1.62 bits per heavy atom. The molecule has 0 bridgehead atoms. The number of aromatic nitrogens is 3. The molecule has 0 atom stereocenters. The molecule has 0 aliphatic rings. The summed E-state index contributed by atoms with van der Waals surface area (Å²) in [6.45, 7) is 2.47. The lowest BCUT2D eigenvalue weighted by atomic mass is 10.1. The van der Waals surface area contributed by atoms with Crippen LogP contribution < -0.4 is 4.74 Å². The molecule has 0 aliphatic carbocycles. The molecule has 2 heterocycles. The van der Waals surface area contributed by atoms with Gasteiger partial charge < -0.3 is 4.74 Å². The minimum absolute atomic E-state index is 0.483. The standard InChI is InChI=1S/C26H19Cl2N3O/c1-17-25(20-3-2-4-22(28)15-20)26-29-14-13-24(31(26)30-17)19-7-11-23(12-8-19)32-16-18-5-9-21(27)10-6-18/h2-15H,16H2,1H3. The number of rotatable bonds is 5. The van der Waals surface area contributed by atoms with E-state index in [4.69, 9.17) is 33.0 Å². The summed E-state index contributed by atoms with van der Waals surface area (Å²) in [5.41, 5.74) is 6.72. The topological polar surface area (TPSA) is 39.4 Å². The van der Waals surface area contributed by atoms with Gasteiger partial charge in [0.25, 0.3) is 0 Å². The summed E-state index contributed by atoms with van der Waals surface area (Å²) in [6.07, 6.45) is 1.81. The van der Waals surface area contributed by atoms with Crippen molar-refractivity contribution >= 4 is 28.8 Å². The molecule has 0 saturated carbocycles. The molecule has 158 valence electrons. The van der Waals surface area contributed by atoms with Crippen LogP contribution >= 0.6 is 23.2 Å². The Balaban J connectivity index is 1.44. The number of hydrogen-bond donors (Lipinski definition) is 0. The molecule has 2 aromatic heterocycles. The van der Waals surface area contributed by atoms with Crippen molar-refractivity contribution in [3.05, 3.63) is 106 Å². The molecule has 5 rings (SSSR count). The summed E-state index contributed by atoms with van der Waals surface area (Å²) < 4.78 is 7.80. The summed E-state index contributed by atoms with van der Waals surface area (Å²) in [5, 5.41) is 6.17. The minimum atomic E-state index is 0.483. The fourth-order valence-electron chi connectivity index (χ4n) is 3.72. The van der Waals surface area contributed by atoms with Crippen LogP contribution in [0.5, 0.6) is 5.75 Å². The van der Waals surface area contributed by atoms with E-state index in [1.165, 1.54) is 0 Å². The fourth-order valence-corrected chi connectivity index (χ4v) is 4.04. The Morgan fingerprint density at radius 1 is 0.844 bits per heavy atom. The Kier molecular flexibility index (Phi) is 5.56. The molecule has 0 amide bonds. The van der Waals surface area contributed by atoms with E-state index in [0.29, 0.717) is 16.7 Å². The molecule has 0 aliphatic heterocycles. The van der Waals surface area contributed by atoms with Gasteiger partial charge in [0.05, 0.1) is 11.4 Å². The van der Waals surface area contributed by atoms with Gasteiger partial charge in [-0.25, -0.2) is 9.50 Å². The molecule has 0 spiro atoms. The van der Waals surface area contributed by atoms with Gasteiger partial charge in [-0.2, -0.15) is 5.10 Å². The fraction of sp³-hybridized carbons (Fsp3) is 0.0769. The van der Waals surface area contributed by atoms with Crippen LogP contribution in [0.15, 0.2) is 85.1 Å². The van der Waals surface area contributed by atoms with E-state index in [9.17, 15) is 0 Å². The van der Waals surface area contributed by atoms with Crippen LogP contribution in [0.1, 0.15) is 11.3 Å². The normalized spacial score (nSPS) is 11.1. The molecular weight excluding hydrogens is 441 g/mol. The smallest absolute Gasteiger partial charge is 0.163 e. The highest BCUT2D eigenvalue weighted by Gasteiger charge is 2.16. The van der Waals surface area contributed by atoms with E-state index < -0.39 is 0 Å². The first-order valence-electron chi connectivity index (χ1n) is 10.2. The van der Waals surface area contributed by atoms with Crippen molar-refractivity contribution in [3.63, 3.8) is 0 Å². The van der Waals surface area contributed by atoms with Gasteiger partial charge in [0.2, 0.25) is 0 Å². The van der Waals surface area contributed by atoms with Gasteiger partial charge >= 0.3 is 0 Å². The molecule has 0 N–H and O–H groups in total. The van der Waals surface area contributed by atoms with Gasteiger partial charge in [-0.1, -0.05) is 47.5 Å². The highest BCUT2D eigenvalue weighted by atomic mass is 35.5. The highest BCUT2D eigenvalue weighted by molar-refractivity contribution is 6.31. The van der Waals surface area contributed by atoms with Gasteiger partial charge in [0.15, 0.2) is 5.65 Å². The van der Waals surface area contributed by atoms with Crippen LogP contribution in [0, 0.1) is 6.92 Å². The number of hydrogen-bond acceptors (Lipinski definition) is 3. The van der Waals surface area contributed by atoms with Crippen molar-refractivity contribution in [2.45, 2.75) is 13.5 Å². The van der Waals surface area contributed by atoms with Gasteiger partial charge in [-0.05, 0) is 72.6 Å². The maximum absolute atomic E-state index is 6.21. The molecule has 32 heavy (non-hydrogen) atoms. The quantitative estimate of drug-likeness (QED) is 0.277. The Hall–Kier alpha value is -3.34. The average molecular weight is 460 g/mol. The van der Waals surface area contributed by atoms with Crippen LogP contribution in [-0.2, 0) is 6.61 Å². The molecule has 5 aromatic rings. The van der Waals surface area contributed by atoms with Crippen LogP contribution in [0.4, 0.5) is 0 Å². The third-order valence-electron chi connectivity index (χ3n) is 5.28. The van der Waals surface area contributed by atoms with Crippen molar-refractivity contribution in [1.29, 1.82) is 0 Å². The lowest BCUT2D eigenvalue weighted by Crippen LogP contribution is -1.97. The molecule has 0 unspecified atom stereocenters. The Labute approximate surface area is 196 Å². The number of halogens is 2. The molecule has 0 saturated heterocycles. The van der Waals surface area contributed by atoms with E-state index in [1.54, 1.807) is 0 Å². The predicted octanol–water partition coefficient (Wildman–Crippen LogP) is 7.26. The van der Waals surface area contributed by atoms with Crippen LogP contribution in [-0.4, -0.2) is 14.6 Å². The van der Waals surface area contributed by atoms with E-state index in [0.717, 1.165) is 45.0 Å². The van der Waals surface area contributed by atoms with Gasteiger partial charge in [0, 0.05) is 27.4 Å². The molecule has 4 nitrogen and oxygen atoms in total. The predicted molar refractivity (Wildman–Crippen MR) is 129 cm³/mol. The first-order valence-corrected chi connectivity index (χ1v) is 10.9. The molecule has 3 aromatic carbocycles. The first-order chi connectivity index (χ1) is 15.6. The maximum Gasteiger partial charge on any atom is 0.163 e. The van der Waals surface area contributed by atoms with E-state index in [1.807, 2.05) is 96.5 Å². The zero-order valence-corrected chi connectivity index (χ0v) is 18.8. The Bertz CT molecular complexity index is 1390. The van der Waals surface area contributed by atoms with E-state index >= 15 is 0 Å². The number of aryl methyl sites for hydroxylation is 1. The zero-order chi connectivity index (χ0) is 22.1. The minimum Gasteiger partial charge on any atom is -0.489 e. The molecule has 0 fully saturated rings. The van der Waals surface area contributed by atoms with Crippen LogP contribution in [0.2, 0.25) is 10.0 Å². The lowest BCUT2D eigenvalue weighted by Gasteiger charge is -2.09. The summed E-state index contributed by atoms with van der Waals surface area (Å²) in [7, 11) is 0. The molecule has 0 radical (unpaired) electrons. The van der Waals surface area contributed by atoms with Gasteiger partial charge in [0.1, 0.15) is 12.4 Å². The van der Waals surface area contributed by atoms with E-state index in [-0.39, 0.29) is 0 Å². The van der Waals surface area contributed by atoms with Gasteiger partial charge in [-0.15, -0.1) is 0 Å². The number of fused-ring (bicyclic) bond motifs is 1. The number of nitrogens with zero attached hydrogens (tertiary/aromatic N) is 3. The Morgan fingerprint density at radius 3 is 2.38 bits per heavy atom. The van der Waals surface area contributed by atoms with Crippen molar-refractivity contribution < 1.29 is 4.74 Å². The summed E-state index contributed by atoms with van der Waals surface area (Å²) >= 11 is 12.2. The summed E-state index contributed by atoms with van der Waals surface area (Å²) in [4.78, 5) is 4.60. The second kappa shape index (κ2) is 8.65. The zero-order valence-electron chi connectivity index (χ0n) is 17.3. The van der Waals surface area contributed by atoms with Gasteiger partial charge in [-0.3, -0.25) is 0 Å². The average Bonchev–Trinajstić information content (AvgIpc) is 3.15.